The first-order valence-electron chi connectivity index (χ1n) is 11.8. The average molecular weight is 454 g/mol. The van der Waals surface area contributed by atoms with Crippen molar-refractivity contribution < 1.29 is 19.1 Å². The van der Waals surface area contributed by atoms with Gasteiger partial charge in [0.25, 0.3) is 11.8 Å². The number of hydrogen-bond donors (Lipinski definition) is 2. The van der Waals surface area contributed by atoms with Crippen LogP contribution in [0.3, 0.4) is 0 Å². The third kappa shape index (κ3) is 7.22. The number of anilines is 2. The van der Waals surface area contributed by atoms with Crippen LogP contribution >= 0.6 is 0 Å². The number of unbranched alkanes of at least 4 members (excludes halogenated alkanes) is 1. The largest absolute Gasteiger partial charge is 0.494 e. The van der Waals surface area contributed by atoms with E-state index in [1.54, 1.807) is 37.4 Å². The number of ether oxygens (including phenoxy) is 2. The summed E-state index contributed by atoms with van der Waals surface area (Å²) in [4.78, 5) is 27.9. The van der Waals surface area contributed by atoms with Crippen molar-refractivity contribution in [2.45, 2.75) is 39.0 Å². The number of nitrogens with zero attached hydrogens (tertiary/aromatic N) is 1. The third-order valence-corrected chi connectivity index (χ3v) is 5.64. The van der Waals surface area contributed by atoms with E-state index in [-0.39, 0.29) is 11.8 Å². The van der Waals surface area contributed by atoms with Crippen LogP contribution in [0.1, 0.15) is 59.7 Å². The molecule has 1 aliphatic rings. The van der Waals surface area contributed by atoms with Crippen LogP contribution in [-0.4, -0.2) is 51.8 Å². The average Bonchev–Trinajstić information content (AvgIpc) is 3.37. The smallest absolute Gasteiger partial charge is 0.255 e. The predicted octanol–water partition coefficient (Wildman–Crippen LogP) is 4.48. The molecular weight excluding hydrogens is 418 g/mol. The van der Waals surface area contributed by atoms with Crippen LogP contribution < -0.4 is 20.3 Å². The first-order valence-corrected chi connectivity index (χ1v) is 11.8. The molecule has 7 nitrogen and oxygen atoms in total. The normalized spacial score (nSPS) is 13.1. The molecule has 3 rings (SSSR count). The Hall–Kier alpha value is -3.06. The van der Waals surface area contributed by atoms with Crippen LogP contribution in [0.2, 0.25) is 0 Å². The maximum Gasteiger partial charge on any atom is 0.255 e. The highest BCUT2D eigenvalue weighted by atomic mass is 16.5. The molecule has 0 atom stereocenters. The predicted molar refractivity (Wildman–Crippen MR) is 132 cm³/mol. The summed E-state index contributed by atoms with van der Waals surface area (Å²) in [5, 5.41) is 5.89. The van der Waals surface area contributed by atoms with Gasteiger partial charge in [0.15, 0.2) is 0 Å². The lowest BCUT2D eigenvalue weighted by atomic mass is 10.1. The molecule has 1 aliphatic heterocycles. The summed E-state index contributed by atoms with van der Waals surface area (Å²) < 4.78 is 10.7. The topological polar surface area (TPSA) is 79.9 Å². The number of amides is 2. The maximum absolute atomic E-state index is 12.9. The number of benzene rings is 2. The lowest BCUT2D eigenvalue weighted by molar-refractivity contribution is 0.0947. The minimum Gasteiger partial charge on any atom is -0.494 e. The molecule has 0 bridgehead atoms. The van der Waals surface area contributed by atoms with Gasteiger partial charge in [-0.25, -0.2) is 0 Å². The molecule has 178 valence electrons. The number of methoxy groups -OCH3 is 1. The Kier molecular flexibility index (Phi) is 9.57. The molecule has 0 unspecified atom stereocenters. The Morgan fingerprint density at radius 3 is 2.42 bits per heavy atom. The molecule has 0 spiro atoms. The van der Waals surface area contributed by atoms with Crippen molar-refractivity contribution in [3.05, 3.63) is 53.6 Å². The summed E-state index contributed by atoms with van der Waals surface area (Å²) in [6.45, 7) is 5.78. The van der Waals surface area contributed by atoms with E-state index in [2.05, 4.69) is 22.5 Å². The molecule has 2 aromatic carbocycles. The van der Waals surface area contributed by atoms with Gasteiger partial charge in [-0.3, -0.25) is 9.59 Å². The fourth-order valence-corrected chi connectivity index (χ4v) is 3.78. The summed E-state index contributed by atoms with van der Waals surface area (Å²) in [5.41, 5.74) is 2.61. The Balaban J connectivity index is 1.70. The van der Waals surface area contributed by atoms with Gasteiger partial charge in [0, 0.05) is 50.3 Å². The summed E-state index contributed by atoms with van der Waals surface area (Å²) >= 11 is 0. The monoisotopic (exact) mass is 453 g/mol. The van der Waals surface area contributed by atoms with Gasteiger partial charge in [0.2, 0.25) is 0 Å². The van der Waals surface area contributed by atoms with Crippen molar-refractivity contribution in [3.63, 3.8) is 0 Å². The summed E-state index contributed by atoms with van der Waals surface area (Å²) in [6.07, 6.45) is 5.05. The van der Waals surface area contributed by atoms with E-state index in [4.69, 9.17) is 9.47 Å². The third-order valence-electron chi connectivity index (χ3n) is 5.64. The van der Waals surface area contributed by atoms with Crippen LogP contribution in [0.25, 0.3) is 0 Å². The Morgan fingerprint density at radius 1 is 0.970 bits per heavy atom. The highest BCUT2D eigenvalue weighted by Crippen LogP contribution is 2.28. The molecule has 0 radical (unpaired) electrons. The van der Waals surface area contributed by atoms with Crippen LogP contribution in [-0.2, 0) is 4.74 Å². The molecule has 2 amide bonds. The van der Waals surface area contributed by atoms with Gasteiger partial charge in [0.1, 0.15) is 5.75 Å². The Morgan fingerprint density at radius 2 is 1.73 bits per heavy atom. The van der Waals surface area contributed by atoms with Gasteiger partial charge >= 0.3 is 0 Å². The van der Waals surface area contributed by atoms with Crippen molar-refractivity contribution in [1.82, 2.24) is 5.32 Å². The fourth-order valence-electron chi connectivity index (χ4n) is 3.78. The molecule has 2 N–H and O–H groups in total. The van der Waals surface area contributed by atoms with Crippen LogP contribution in [0.15, 0.2) is 42.5 Å². The first kappa shape index (κ1) is 24.6. The molecule has 1 saturated heterocycles. The summed E-state index contributed by atoms with van der Waals surface area (Å²) in [7, 11) is 1.65. The highest BCUT2D eigenvalue weighted by Gasteiger charge is 2.20. The van der Waals surface area contributed by atoms with E-state index in [1.807, 2.05) is 12.1 Å². The van der Waals surface area contributed by atoms with Gasteiger partial charge < -0.3 is 25.0 Å². The fraction of sp³-hybridized carbons (Fsp3) is 0.462. The molecule has 0 saturated carbocycles. The van der Waals surface area contributed by atoms with E-state index in [0.29, 0.717) is 36.6 Å². The van der Waals surface area contributed by atoms with E-state index in [9.17, 15) is 9.59 Å². The standard InChI is InChI=1S/C26H35N3O4/c1-3-4-18-33-22-11-8-20(9-12-22)25(30)28-21-10-13-24(29-15-5-6-16-29)23(19-21)26(31)27-14-7-17-32-2/h8-13,19H,3-7,14-18H2,1-2H3,(H,27,31)(H,28,30). The second-order valence-electron chi connectivity index (χ2n) is 8.21. The highest BCUT2D eigenvalue weighted by molar-refractivity contribution is 6.06. The van der Waals surface area contributed by atoms with Crippen LogP contribution in [0.5, 0.6) is 5.75 Å². The minimum absolute atomic E-state index is 0.141. The van der Waals surface area contributed by atoms with E-state index < -0.39 is 0 Å². The molecule has 1 heterocycles. The van der Waals surface area contributed by atoms with Crippen molar-refractivity contribution in [2.75, 3.05) is 50.2 Å². The molecule has 7 heteroatoms. The molecule has 0 aromatic heterocycles. The number of carbonyl (C=O) groups excluding carboxylic acids is 2. The van der Waals surface area contributed by atoms with Crippen molar-refractivity contribution in [3.8, 4) is 5.75 Å². The van der Waals surface area contributed by atoms with E-state index in [1.165, 1.54) is 0 Å². The number of hydrogen-bond acceptors (Lipinski definition) is 5. The lowest BCUT2D eigenvalue weighted by Crippen LogP contribution is -2.29. The van der Waals surface area contributed by atoms with Gasteiger partial charge in [0.05, 0.1) is 12.2 Å². The zero-order valence-electron chi connectivity index (χ0n) is 19.7. The Bertz CT molecular complexity index is 908. The Labute approximate surface area is 196 Å². The van der Waals surface area contributed by atoms with Gasteiger partial charge in [-0.15, -0.1) is 0 Å². The summed E-state index contributed by atoms with van der Waals surface area (Å²) in [5.74, 6) is 0.385. The number of carbonyl (C=O) groups is 2. The molecule has 33 heavy (non-hydrogen) atoms. The molecule has 1 fully saturated rings. The minimum atomic E-state index is -0.226. The molecule has 0 aliphatic carbocycles. The van der Waals surface area contributed by atoms with Gasteiger partial charge in [-0.05, 0) is 68.1 Å². The summed E-state index contributed by atoms with van der Waals surface area (Å²) in [6, 6.07) is 12.7. The van der Waals surface area contributed by atoms with Gasteiger partial charge in [-0.1, -0.05) is 13.3 Å². The molecule has 2 aromatic rings. The lowest BCUT2D eigenvalue weighted by Gasteiger charge is -2.22. The SMILES string of the molecule is CCCCOc1ccc(C(=O)Nc2ccc(N3CCCC3)c(C(=O)NCCCOC)c2)cc1. The van der Waals surface area contributed by atoms with Crippen molar-refractivity contribution in [2.24, 2.45) is 0 Å². The first-order chi connectivity index (χ1) is 16.1. The van der Waals surface area contributed by atoms with E-state index >= 15 is 0 Å². The van der Waals surface area contributed by atoms with E-state index in [0.717, 1.165) is 56.6 Å². The van der Waals surface area contributed by atoms with Crippen LogP contribution in [0.4, 0.5) is 11.4 Å². The van der Waals surface area contributed by atoms with Crippen LogP contribution in [0, 0.1) is 0 Å². The second kappa shape index (κ2) is 12.8. The second-order valence-corrected chi connectivity index (χ2v) is 8.21. The quantitative estimate of drug-likeness (QED) is 0.463. The maximum atomic E-state index is 12.9. The zero-order valence-corrected chi connectivity index (χ0v) is 19.7. The number of nitrogens with one attached hydrogen (secondary N) is 2. The van der Waals surface area contributed by atoms with Crippen molar-refractivity contribution in [1.29, 1.82) is 0 Å². The van der Waals surface area contributed by atoms with Gasteiger partial charge in [-0.2, -0.15) is 0 Å². The zero-order chi connectivity index (χ0) is 23.5. The molecular formula is C26H35N3O4. The number of rotatable bonds is 12. The van der Waals surface area contributed by atoms with Crippen molar-refractivity contribution >= 4 is 23.2 Å².